The SMILES string of the molecule is CO[C@@H]1O[C@H](COC(C)=O)[C@@H](O[C@@H]2O[C@H](COC(C)=O)[C@@H](O[C@@H]3O[C@H](C)[C@@H]4[C@H](OC(=O)N4C4CCCCC4)[C@H]3OC(=O)c3ccccc3)[C@H](OC(C)=O)[C@H]2OC(C)=O)[C@H](OC(C)=O)[C@H]1OC(C)=O. The van der Waals surface area contributed by atoms with Crippen molar-refractivity contribution in [2.24, 2.45) is 0 Å². The standard InChI is InChI=1S/C45H59NO22/c1-21-32-35(68-45(54)46(32)29-17-13-10-14-18-29)38(65-41(53)28-15-11-9-12-16-28)43(58-21)66-34-31(20-57-23(3)48)64-44(40(62-27(7)52)37(34)60-25(5)50)67-33-30(19-56-22(2)47)63-42(55-8)39(61-26(6)51)36(33)59-24(4)49/h9,11-12,15-16,21,29-40,42-44H,10,13-14,17-20H2,1-8H3/t21-,30-,31-,32-,33-,34-,35+,36+,37+,38-,39-,40-,42-,43+,44+/m1/s1. The third kappa shape index (κ3) is 12.6. The predicted octanol–water partition coefficient (Wildman–Crippen LogP) is 2.20. The Kier molecular flexibility index (Phi) is 17.7. The van der Waals surface area contributed by atoms with E-state index in [-0.39, 0.29) is 11.6 Å². The second-order valence-corrected chi connectivity index (χ2v) is 16.9. The van der Waals surface area contributed by atoms with Crippen molar-refractivity contribution in [2.45, 2.75) is 179 Å². The van der Waals surface area contributed by atoms with Crippen molar-refractivity contribution in [3.8, 4) is 0 Å². The number of ether oxygens (including phenoxy) is 14. The maximum absolute atomic E-state index is 13.9. The minimum Gasteiger partial charge on any atom is -0.463 e. The number of benzene rings is 1. The summed E-state index contributed by atoms with van der Waals surface area (Å²) in [5, 5.41) is 0. The summed E-state index contributed by atoms with van der Waals surface area (Å²) >= 11 is 0. The average Bonchev–Trinajstić information content (AvgIpc) is 3.63. The van der Waals surface area contributed by atoms with Gasteiger partial charge in [0.2, 0.25) is 0 Å². The van der Waals surface area contributed by atoms with Gasteiger partial charge in [-0.3, -0.25) is 33.7 Å². The van der Waals surface area contributed by atoms with Crippen molar-refractivity contribution in [3.63, 3.8) is 0 Å². The number of carbonyl (C=O) groups is 8. The molecule has 6 rings (SSSR count). The van der Waals surface area contributed by atoms with Gasteiger partial charge >= 0.3 is 47.9 Å². The molecule has 0 radical (unpaired) electrons. The molecule has 5 aliphatic rings. The number of hydrogen-bond acceptors (Lipinski definition) is 22. The van der Waals surface area contributed by atoms with Gasteiger partial charge in [0.1, 0.15) is 43.7 Å². The number of rotatable bonds is 16. The largest absolute Gasteiger partial charge is 0.463 e. The molecule has 15 atom stereocenters. The molecule has 4 heterocycles. The zero-order valence-corrected chi connectivity index (χ0v) is 39.0. The quantitative estimate of drug-likeness (QED) is 0.170. The Labute approximate surface area is 391 Å². The van der Waals surface area contributed by atoms with E-state index in [2.05, 4.69) is 0 Å². The highest BCUT2D eigenvalue weighted by Gasteiger charge is 2.62. The lowest BCUT2D eigenvalue weighted by Gasteiger charge is -2.50. The molecule has 1 saturated carbocycles. The van der Waals surface area contributed by atoms with E-state index < -0.39 is 153 Å². The number of methoxy groups -OCH3 is 1. The Hall–Kier alpha value is -5.46. The fourth-order valence-corrected chi connectivity index (χ4v) is 9.20. The van der Waals surface area contributed by atoms with Gasteiger partial charge in [0.25, 0.3) is 0 Å². The van der Waals surface area contributed by atoms with Crippen LogP contribution in [0.25, 0.3) is 0 Å². The molecular formula is C45H59NO22. The number of esters is 7. The zero-order chi connectivity index (χ0) is 49.4. The van der Waals surface area contributed by atoms with E-state index in [0.29, 0.717) is 0 Å². The average molecular weight is 966 g/mol. The second kappa shape index (κ2) is 23.2. The summed E-state index contributed by atoms with van der Waals surface area (Å²) in [6.07, 6.45) is -17.7. The fourth-order valence-electron chi connectivity index (χ4n) is 9.20. The zero-order valence-electron chi connectivity index (χ0n) is 39.0. The van der Waals surface area contributed by atoms with Gasteiger partial charge in [0.05, 0.1) is 11.7 Å². The van der Waals surface area contributed by atoms with Gasteiger partial charge in [-0.2, -0.15) is 0 Å². The van der Waals surface area contributed by atoms with Crippen LogP contribution in [0.2, 0.25) is 0 Å². The lowest BCUT2D eigenvalue weighted by Crippen LogP contribution is -2.68. The molecule has 4 saturated heterocycles. The molecule has 68 heavy (non-hydrogen) atoms. The Balaban J connectivity index is 1.42. The molecule has 1 aliphatic carbocycles. The minimum absolute atomic E-state index is 0.148. The molecular weight excluding hydrogens is 906 g/mol. The third-order valence-corrected chi connectivity index (χ3v) is 11.9. The molecule has 23 nitrogen and oxygen atoms in total. The van der Waals surface area contributed by atoms with E-state index in [1.54, 1.807) is 30.0 Å². The number of amides is 1. The van der Waals surface area contributed by atoms with Gasteiger partial charge < -0.3 is 66.3 Å². The number of carbonyl (C=O) groups excluding carboxylic acids is 8. The van der Waals surface area contributed by atoms with Crippen LogP contribution in [0.5, 0.6) is 0 Å². The maximum Gasteiger partial charge on any atom is 0.410 e. The Morgan fingerprint density at radius 3 is 1.53 bits per heavy atom. The molecule has 1 aromatic rings. The van der Waals surface area contributed by atoms with E-state index in [4.69, 9.17) is 66.3 Å². The normalized spacial score (nSPS) is 33.7. The third-order valence-electron chi connectivity index (χ3n) is 11.9. The van der Waals surface area contributed by atoms with E-state index >= 15 is 0 Å². The van der Waals surface area contributed by atoms with E-state index in [0.717, 1.165) is 73.6 Å². The van der Waals surface area contributed by atoms with Crippen LogP contribution in [-0.4, -0.2) is 171 Å². The van der Waals surface area contributed by atoms with Crippen molar-refractivity contribution in [2.75, 3.05) is 20.3 Å². The monoisotopic (exact) mass is 965 g/mol. The highest BCUT2D eigenvalue weighted by atomic mass is 16.8. The number of hydrogen-bond donors (Lipinski definition) is 0. The highest BCUT2D eigenvalue weighted by Crippen LogP contribution is 2.42. The first-order chi connectivity index (χ1) is 32.4. The van der Waals surface area contributed by atoms with Crippen LogP contribution in [0.1, 0.15) is 90.9 Å². The molecule has 4 aliphatic heterocycles. The summed E-state index contributed by atoms with van der Waals surface area (Å²) in [6.45, 7) is 6.95. The molecule has 0 bridgehead atoms. The summed E-state index contributed by atoms with van der Waals surface area (Å²) in [4.78, 5) is 105. The smallest absolute Gasteiger partial charge is 0.410 e. The number of nitrogens with zero attached hydrogens (tertiary/aromatic N) is 1. The van der Waals surface area contributed by atoms with Gasteiger partial charge in [-0.15, -0.1) is 0 Å². The van der Waals surface area contributed by atoms with Crippen molar-refractivity contribution in [1.29, 1.82) is 0 Å². The van der Waals surface area contributed by atoms with Gasteiger partial charge in [-0.05, 0) is 31.9 Å². The molecule has 0 spiro atoms. The molecule has 0 aromatic heterocycles. The molecule has 0 N–H and O–H groups in total. The summed E-state index contributed by atoms with van der Waals surface area (Å²) in [7, 11) is 1.22. The second-order valence-electron chi connectivity index (χ2n) is 16.9. The Bertz CT molecular complexity index is 1980. The fraction of sp³-hybridized carbons (Fsp3) is 0.689. The first kappa shape index (κ1) is 51.9. The van der Waals surface area contributed by atoms with Crippen LogP contribution in [0.3, 0.4) is 0 Å². The lowest BCUT2D eigenvalue weighted by molar-refractivity contribution is -0.375. The molecule has 23 heteroatoms. The molecule has 1 aromatic carbocycles. The highest BCUT2D eigenvalue weighted by molar-refractivity contribution is 5.89. The van der Waals surface area contributed by atoms with E-state index in [1.165, 1.54) is 19.2 Å². The summed E-state index contributed by atoms with van der Waals surface area (Å²) in [6, 6.07) is 7.08. The van der Waals surface area contributed by atoms with Gasteiger partial charge in [0, 0.05) is 54.7 Å². The minimum atomic E-state index is -1.88. The molecule has 5 fully saturated rings. The summed E-state index contributed by atoms with van der Waals surface area (Å²) < 4.78 is 83.2. The van der Waals surface area contributed by atoms with Crippen LogP contribution in [0.15, 0.2) is 30.3 Å². The van der Waals surface area contributed by atoms with Crippen molar-refractivity contribution in [1.82, 2.24) is 4.90 Å². The van der Waals surface area contributed by atoms with Crippen LogP contribution < -0.4 is 0 Å². The van der Waals surface area contributed by atoms with Gasteiger partial charge in [-0.1, -0.05) is 37.5 Å². The van der Waals surface area contributed by atoms with Crippen LogP contribution in [0, 0.1) is 0 Å². The number of fused-ring (bicyclic) bond motifs is 1. The van der Waals surface area contributed by atoms with Crippen molar-refractivity contribution < 1.29 is 105 Å². The van der Waals surface area contributed by atoms with Crippen LogP contribution >= 0.6 is 0 Å². The van der Waals surface area contributed by atoms with Gasteiger partial charge in [0.15, 0.2) is 55.5 Å². The first-order valence-electron chi connectivity index (χ1n) is 22.4. The summed E-state index contributed by atoms with van der Waals surface area (Å²) in [5.74, 6) is -5.97. The van der Waals surface area contributed by atoms with Crippen LogP contribution in [0.4, 0.5) is 4.79 Å². The molecule has 376 valence electrons. The van der Waals surface area contributed by atoms with E-state index in [1.807, 2.05) is 0 Å². The van der Waals surface area contributed by atoms with Gasteiger partial charge in [-0.25, -0.2) is 9.59 Å². The predicted molar refractivity (Wildman–Crippen MR) is 222 cm³/mol. The van der Waals surface area contributed by atoms with Crippen molar-refractivity contribution in [3.05, 3.63) is 35.9 Å². The maximum atomic E-state index is 13.9. The van der Waals surface area contributed by atoms with E-state index in [9.17, 15) is 38.4 Å². The summed E-state index contributed by atoms with van der Waals surface area (Å²) in [5.41, 5.74) is 0.148. The topological polar surface area (TPSA) is 269 Å². The lowest BCUT2D eigenvalue weighted by atomic mass is 9.90. The van der Waals surface area contributed by atoms with Crippen LogP contribution in [-0.2, 0) is 95.1 Å². The molecule has 0 unspecified atom stereocenters. The Morgan fingerprint density at radius 1 is 0.574 bits per heavy atom. The Morgan fingerprint density at radius 2 is 1.04 bits per heavy atom. The van der Waals surface area contributed by atoms with Crippen molar-refractivity contribution >= 4 is 47.9 Å². The first-order valence-corrected chi connectivity index (χ1v) is 22.4. The molecule has 1 amide bonds.